The molecule has 7 heteroatoms. The highest BCUT2D eigenvalue weighted by molar-refractivity contribution is 9.10. The number of phenolic OH excluding ortho intramolecular Hbond substituents is 1. The van der Waals surface area contributed by atoms with Gasteiger partial charge in [-0.05, 0) is 30.3 Å². The zero-order valence-corrected chi connectivity index (χ0v) is 14.0. The summed E-state index contributed by atoms with van der Waals surface area (Å²) in [6.07, 6.45) is 1.38. The molecule has 0 bridgehead atoms. The number of phenols is 1. The maximum absolute atomic E-state index is 11.8. The average Bonchev–Trinajstić information content (AvgIpc) is 2.56. The second kappa shape index (κ2) is 8.19. The number of benzene rings is 2. The van der Waals surface area contributed by atoms with Crippen LogP contribution >= 0.6 is 15.9 Å². The fourth-order valence-corrected chi connectivity index (χ4v) is 2.19. The van der Waals surface area contributed by atoms with Crippen LogP contribution in [0.4, 0.5) is 5.69 Å². The summed E-state index contributed by atoms with van der Waals surface area (Å²) >= 11 is 3.30. The van der Waals surface area contributed by atoms with E-state index in [0.717, 1.165) is 10.2 Å². The molecule has 1 amide bonds. The van der Waals surface area contributed by atoms with E-state index >= 15 is 0 Å². The Morgan fingerprint density at radius 2 is 2.13 bits per heavy atom. The molecule has 0 aliphatic carbocycles. The summed E-state index contributed by atoms with van der Waals surface area (Å²) in [6.45, 7) is 0.0438. The smallest absolute Gasteiger partial charge is 0.259 e. The fraction of sp³-hybridized carbons (Fsp3) is 0.125. The van der Waals surface area contributed by atoms with E-state index < -0.39 is 0 Å². The van der Waals surface area contributed by atoms with Gasteiger partial charge in [0, 0.05) is 10.0 Å². The van der Waals surface area contributed by atoms with Crippen LogP contribution in [-0.4, -0.2) is 30.9 Å². The van der Waals surface area contributed by atoms with Gasteiger partial charge in [-0.2, -0.15) is 5.10 Å². The summed E-state index contributed by atoms with van der Waals surface area (Å²) in [4.78, 5) is 11.8. The number of nitrogens with zero attached hydrogens (tertiary/aromatic N) is 1. The third-order valence-electron chi connectivity index (χ3n) is 2.93. The van der Waals surface area contributed by atoms with Crippen LogP contribution in [0, 0.1) is 0 Å². The van der Waals surface area contributed by atoms with Crippen LogP contribution in [0.3, 0.4) is 0 Å². The molecule has 6 nitrogen and oxygen atoms in total. The summed E-state index contributed by atoms with van der Waals surface area (Å²) in [5, 5.41) is 16.4. The number of para-hydroxylation sites is 2. The van der Waals surface area contributed by atoms with Crippen LogP contribution in [0.5, 0.6) is 11.5 Å². The molecule has 0 saturated carbocycles. The van der Waals surface area contributed by atoms with Crippen molar-refractivity contribution in [1.82, 2.24) is 5.43 Å². The molecule has 0 spiro atoms. The van der Waals surface area contributed by atoms with E-state index in [9.17, 15) is 9.90 Å². The Bertz CT molecular complexity index is 719. The number of hydrogen-bond donors (Lipinski definition) is 3. The highest BCUT2D eigenvalue weighted by Gasteiger charge is 2.04. The van der Waals surface area contributed by atoms with Crippen molar-refractivity contribution in [2.75, 3.05) is 19.0 Å². The Hall–Kier alpha value is -2.54. The minimum absolute atomic E-state index is 0.0438. The van der Waals surface area contributed by atoms with Gasteiger partial charge in [-0.25, -0.2) is 5.43 Å². The number of hydrazone groups is 1. The third kappa shape index (κ3) is 5.00. The molecular formula is C16H16BrN3O3. The van der Waals surface area contributed by atoms with E-state index in [-0.39, 0.29) is 18.2 Å². The Kier molecular flexibility index (Phi) is 5.99. The summed E-state index contributed by atoms with van der Waals surface area (Å²) in [5.74, 6) is 0.419. The maximum atomic E-state index is 11.8. The second-order valence-corrected chi connectivity index (χ2v) is 5.47. The first-order valence-corrected chi connectivity index (χ1v) is 7.57. The molecule has 120 valence electrons. The third-order valence-corrected chi connectivity index (χ3v) is 3.42. The molecule has 0 aliphatic heterocycles. The van der Waals surface area contributed by atoms with Gasteiger partial charge in [0.05, 0.1) is 25.6 Å². The first-order chi connectivity index (χ1) is 11.1. The number of rotatable bonds is 6. The molecule has 23 heavy (non-hydrogen) atoms. The van der Waals surface area contributed by atoms with Gasteiger partial charge < -0.3 is 15.2 Å². The van der Waals surface area contributed by atoms with Crippen molar-refractivity contribution in [2.24, 2.45) is 5.10 Å². The molecule has 2 aromatic carbocycles. The Morgan fingerprint density at radius 3 is 2.91 bits per heavy atom. The summed E-state index contributed by atoms with van der Waals surface area (Å²) in [5.41, 5.74) is 3.60. The fourth-order valence-electron chi connectivity index (χ4n) is 1.81. The van der Waals surface area contributed by atoms with Crippen molar-refractivity contribution in [1.29, 1.82) is 0 Å². The van der Waals surface area contributed by atoms with E-state index in [1.807, 2.05) is 18.2 Å². The zero-order chi connectivity index (χ0) is 16.7. The van der Waals surface area contributed by atoms with Gasteiger partial charge in [0.2, 0.25) is 0 Å². The van der Waals surface area contributed by atoms with Crippen molar-refractivity contribution in [3.05, 3.63) is 52.5 Å². The number of methoxy groups -OCH3 is 1. The van der Waals surface area contributed by atoms with E-state index in [1.54, 1.807) is 25.3 Å². The van der Waals surface area contributed by atoms with Gasteiger partial charge in [0.1, 0.15) is 11.5 Å². The molecule has 0 radical (unpaired) electrons. The molecule has 0 aromatic heterocycles. The molecule has 2 rings (SSSR count). The molecular weight excluding hydrogens is 362 g/mol. The van der Waals surface area contributed by atoms with Crippen molar-refractivity contribution >= 4 is 33.7 Å². The Morgan fingerprint density at radius 1 is 1.35 bits per heavy atom. The summed E-state index contributed by atoms with van der Waals surface area (Å²) in [6, 6.07) is 12.2. The van der Waals surface area contributed by atoms with Gasteiger partial charge in [0.25, 0.3) is 5.91 Å². The highest BCUT2D eigenvalue weighted by atomic mass is 79.9. The predicted octanol–water partition coefficient (Wildman–Crippen LogP) is 2.73. The first kappa shape index (κ1) is 16.8. The first-order valence-electron chi connectivity index (χ1n) is 6.77. The lowest BCUT2D eigenvalue weighted by atomic mass is 10.2. The lowest BCUT2D eigenvalue weighted by molar-refractivity contribution is -0.119. The van der Waals surface area contributed by atoms with Crippen molar-refractivity contribution in [3.8, 4) is 11.5 Å². The summed E-state index contributed by atoms with van der Waals surface area (Å²) in [7, 11) is 1.56. The number of halogens is 1. The molecule has 2 aromatic rings. The molecule has 0 aliphatic rings. The lowest BCUT2D eigenvalue weighted by Crippen LogP contribution is -2.26. The largest absolute Gasteiger partial charge is 0.507 e. The van der Waals surface area contributed by atoms with Crippen molar-refractivity contribution in [3.63, 3.8) is 0 Å². The number of nitrogens with one attached hydrogen (secondary N) is 2. The monoisotopic (exact) mass is 377 g/mol. The maximum Gasteiger partial charge on any atom is 0.259 e. The van der Waals surface area contributed by atoms with Crippen LogP contribution in [-0.2, 0) is 4.79 Å². The van der Waals surface area contributed by atoms with Crippen LogP contribution in [0.25, 0.3) is 0 Å². The molecule has 3 N–H and O–H groups in total. The van der Waals surface area contributed by atoms with E-state index in [4.69, 9.17) is 4.74 Å². The topological polar surface area (TPSA) is 83.0 Å². The normalized spacial score (nSPS) is 10.5. The minimum atomic E-state index is -0.318. The van der Waals surface area contributed by atoms with Crippen LogP contribution in [0.15, 0.2) is 52.0 Å². The van der Waals surface area contributed by atoms with Crippen LogP contribution < -0.4 is 15.5 Å². The van der Waals surface area contributed by atoms with Crippen LogP contribution in [0.1, 0.15) is 5.56 Å². The second-order valence-electron chi connectivity index (χ2n) is 4.55. The lowest BCUT2D eigenvalue weighted by Gasteiger charge is -2.09. The standard InChI is InChI=1S/C16H16BrN3O3/c1-23-15-5-3-2-4-13(15)18-10-16(22)20-19-9-11-8-12(17)6-7-14(11)21/h2-9,18,21H,10H2,1H3,(H,20,22)/b19-9+. The number of carbonyl (C=O) groups excluding carboxylic acids is 1. The van der Waals surface area contributed by atoms with Gasteiger partial charge in [-0.3, -0.25) is 4.79 Å². The van der Waals surface area contributed by atoms with Crippen molar-refractivity contribution < 1.29 is 14.6 Å². The quantitative estimate of drug-likeness (QED) is 0.533. The number of carbonyl (C=O) groups is 1. The number of anilines is 1. The molecule has 0 atom stereocenters. The van der Waals surface area contributed by atoms with Crippen molar-refractivity contribution in [2.45, 2.75) is 0 Å². The summed E-state index contributed by atoms with van der Waals surface area (Å²) < 4.78 is 5.99. The highest BCUT2D eigenvalue weighted by Crippen LogP contribution is 2.22. The SMILES string of the molecule is COc1ccccc1NCC(=O)N/N=C/c1cc(Br)ccc1O. The molecule has 0 saturated heterocycles. The molecule has 0 heterocycles. The average molecular weight is 378 g/mol. The zero-order valence-electron chi connectivity index (χ0n) is 12.4. The van der Waals surface area contributed by atoms with Gasteiger partial charge >= 0.3 is 0 Å². The Balaban J connectivity index is 1.88. The van der Waals surface area contributed by atoms with E-state index in [2.05, 4.69) is 31.8 Å². The Labute approximate surface area is 142 Å². The number of aromatic hydroxyl groups is 1. The number of amides is 1. The van der Waals surface area contributed by atoms with Gasteiger partial charge in [0.15, 0.2) is 0 Å². The predicted molar refractivity (Wildman–Crippen MR) is 93.0 cm³/mol. The molecule has 0 unspecified atom stereocenters. The van der Waals surface area contributed by atoms with Gasteiger partial charge in [-0.15, -0.1) is 0 Å². The minimum Gasteiger partial charge on any atom is -0.507 e. The van der Waals surface area contributed by atoms with Gasteiger partial charge in [-0.1, -0.05) is 28.1 Å². The van der Waals surface area contributed by atoms with E-state index in [0.29, 0.717) is 11.3 Å². The van der Waals surface area contributed by atoms with E-state index in [1.165, 1.54) is 12.3 Å². The molecule has 0 fully saturated rings. The van der Waals surface area contributed by atoms with Crippen LogP contribution in [0.2, 0.25) is 0 Å². The number of hydrogen-bond acceptors (Lipinski definition) is 5. The number of ether oxygens (including phenoxy) is 1.